The summed E-state index contributed by atoms with van der Waals surface area (Å²) in [6, 6.07) is 6.07. The standard InChI is InChI=1S/C17H14F6N2O2/c1-10(11-3-2-4-13(7-11)17(21,22)23)25-15(26)12-5-6-14(24-8-12)27-9-16(18,19)20/h2-8,10H,9H2,1H3,(H,25,26). The van der Waals surface area contributed by atoms with Crippen molar-refractivity contribution in [3.8, 4) is 5.88 Å². The average Bonchev–Trinajstić information content (AvgIpc) is 2.59. The van der Waals surface area contributed by atoms with Crippen LogP contribution >= 0.6 is 0 Å². The highest BCUT2D eigenvalue weighted by atomic mass is 19.4. The number of carbonyl (C=O) groups is 1. The number of nitrogens with zero attached hydrogens (tertiary/aromatic N) is 1. The zero-order chi connectivity index (χ0) is 20.2. The van der Waals surface area contributed by atoms with Gasteiger partial charge in [0.05, 0.1) is 17.2 Å². The Bertz CT molecular complexity index is 787. The minimum Gasteiger partial charge on any atom is -0.468 e. The Morgan fingerprint density at radius 3 is 2.41 bits per heavy atom. The molecule has 0 saturated carbocycles. The van der Waals surface area contributed by atoms with Crippen LogP contribution < -0.4 is 10.1 Å². The number of aromatic nitrogens is 1. The molecule has 0 aliphatic rings. The number of ether oxygens (including phenoxy) is 1. The molecule has 2 rings (SSSR count). The van der Waals surface area contributed by atoms with Crippen LogP contribution in [0.2, 0.25) is 0 Å². The third-order valence-electron chi connectivity index (χ3n) is 3.44. The second-order valence-electron chi connectivity index (χ2n) is 5.61. The van der Waals surface area contributed by atoms with Crippen molar-refractivity contribution in [2.45, 2.75) is 25.3 Å². The van der Waals surface area contributed by atoms with Crippen molar-refractivity contribution < 1.29 is 35.9 Å². The van der Waals surface area contributed by atoms with Crippen molar-refractivity contribution in [3.63, 3.8) is 0 Å². The number of hydrogen-bond donors (Lipinski definition) is 1. The molecule has 146 valence electrons. The van der Waals surface area contributed by atoms with Gasteiger partial charge in [-0.3, -0.25) is 4.79 Å². The first-order valence-corrected chi connectivity index (χ1v) is 7.59. The summed E-state index contributed by atoms with van der Waals surface area (Å²) in [5.41, 5.74) is -0.571. The maximum atomic E-state index is 12.8. The van der Waals surface area contributed by atoms with E-state index in [1.807, 2.05) is 0 Å². The number of benzene rings is 1. The maximum absolute atomic E-state index is 12.8. The highest BCUT2D eigenvalue weighted by Crippen LogP contribution is 2.30. The Kier molecular flexibility index (Phi) is 5.97. The van der Waals surface area contributed by atoms with Crippen molar-refractivity contribution in [2.75, 3.05) is 6.61 Å². The molecule has 1 amide bonds. The second kappa shape index (κ2) is 7.85. The summed E-state index contributed by atoms with van der Waals surface area (Å²) in [6.07, 6.45) is -8.01. The molecule has 0 radical (unpaired) electrons. The van der Waals surface area contributed by atoms with Crippen molar-refractivity contribution in [3.05, 3.63) is 59.3 Å². The summed E-state index contributed by atoms with van der Waals surface area (Å²) in [7, 11) is 0. The van der Waals surface area contributed by atoms with Gasteiger partial charge in [-0.2, -0.15) is 26.3 Å². The van der Waals surface area contributed by atoms with Crippen LogP contribution in [0.1, 0.15) is 34.5 Å². The first-order chi connectivity index (χ1) is 12.5. The first-order valence-electron chi connectivity index (χ1n) is 7.59. The van der Waals surface area contributed by atoms with Crippen LogP contribution in [-0.2, 0) is 6.18 Å². The monoisotopic (exact) mass is 392 g/mol. The first kappa shape index (κ1) is 20.5. The molecule has 10 heteroatoms. The molecule has 0 fully saturated rings. The zero-order valence-electron chi connectivity index (χ0n) is 13.9. The maximum Gasteiger partial charge on any atom is 0.422 e. The van der Waals surface area contributed by atoms with Gasteiger partial charge in [0.2, 0.25) is 5.88 Å². The Morgan fingerprint density at radius 2 is 1.85 bits per heavy atom. The number of amides is 1. The van der Waals surface area contributed by atoms with Gasteiger partial charge in [-0.1, -0.05) is 12.1 Å². The highest BCUT2D eigenvalue weighted by Gasteiger charge is 2.31. The molecule has 0 spiro atoms. The summed E-state index contributed by atoms with van der Waals surface area (Å²) >= 11 is 0. The van der Waals surface area contributed by atoms with Gasteiger partial charge in [-0.15, -0.1) is 0 Å². The molecule has 1 unspecified atom stereocenters. The number of hydrogen-bond acceptors (Lipinski definition) is 3. The van der Waals surface area contributed by atoms with Crippen LogP contribution in [0.5, 0.6) is 5.88 Å². The summed E-state index contributed by atoms with van der Waals surface area (Å²) in [4.78, 5) is 15.7. The number of pyridine rings is 1. The third-order valence-corrected chi connectivity index (χ3v) is 3.44. The van der Waals surface area contributed by atoms with Crippen molar-refractivity contribution in [1.82, 2.24) is 10.3 Å². The summed E-state index contributed by atoms with van der Waals surface area (Å²) in [6.45, 7) is -0.0141. The van der Waals surface area contributed by atoms with E-state index in [1.165, 1.54) is 25.1 Å². The predicted octanol–water partition coefficient (Wildman–Crippen LogP) is 4.53. The molecule has 0 aliphatic carbocycles. The van der Waals surface area contributed by atoms with Crippen molar-refractivity contribution in [2.24, 2.45) is 0 Å². The molecular formula is C17H14F6N2O2. The zero-order valence-corrected chi connectivity index (χ0v) is 13.9. The van der Waals surface area contributed by atoms with Gasteiger partial charge in [0.15, 0.2) is 6.61 Å². The fourth-order valence-electron chi connectivity index (χ4n) is 2.10. The van der Waals surface area contributed by atoms with Gasteiger partial charge in [-0.05, 0) is 30.7 Å². The number of carbonyl (C=O) groups excluding carboxylic acids is 1. The molecule has 1 atom stereocenters. The number of rotatable bonds is 5. The SMILES string of the molecule is CC(NC(=O)c1ccc(OCC(F)(F)F)nc1)c1cccc(C(F)(F)F)c1. The van der Waals surface area contributed by atoms with E-state index in [9.17, 15) is 31.1 Å². The Balaban J connectivity index is 2.02. The average molecular weight is 392 g/mol. The lowest BCUT2D eigenvalue weighted by molar-refractivity contribution is -0.154. The van der Waals surface area contributed by atoms with Crippen LogP contribution in [0.25, 0.3) is 0 Å². The van der Waals surface area contributed by atoms with E-state index in [0.717, 1.165) is 24.4 Å². The molecule has 0 aliphatic heterocycles. The molecular weight excluding hydrogens is 378 g/mol. The van der Waals surface area contributed by atoms with Gasteiger partial charge < -0.3 is 10.1 Å². The third kappa shape index (κ3) is 6.15. The Hall–Kier alpha value is -2.78. The van der Waals surface area contributed by atoms with Gasteiger partial charge in [0.25, 0.3) is 5.91 Å². The number of alkyl halides is 6. The number of nitrogens with one attached hydrogen (secondary N) is 1. The molecule has 1 N–H and O–H groups in total. The smallest absolute Gasteiger partial charge is 0.422 e. The van der Waals surface area contributed by atoms with Crippen LogP contribution in [-0.4, -0.2) is 23.7 Å². The van der Waals surface area contributed by atoms with Gasteiger partial charge in [0, 0.05) is 12.3 Å². The van der Waals surface area contributed by atoms with E-state index in [0.29, 0.717) is 0 Å². The van der Waals surface area contributed by atoms with Crippen LogP contribution in [0.15, 0.2) is 42.6 Å². The Labute approximate surface area is 150 Å². The lowest BCUT2D eigenvalue weighted by atomic mass is 10.0. The van der Waals surface area contributed by atoms with E-state index in [1.54, 1.807) is 0 Å². The van der Waals surface area contributed by atoms with E-state index >= 15 is 0 Å². The summed E-state index contributed by atoms with van der Waals surface area (Å²) in [5, 5.41) is 2.50. The molecule has 4 nitrogen and oxygen atoms in total. The fraction of sp³-hybridized carbons (Fsp3) is 0.294. The highest BCUT2D eigenvalue weighted by molar-refractivity contribution is 5.94. The van der Waals surface area contributed by atoms with Crippen molar-refractivity contribution >= 4 is 5.91 Å². The molecule has 0 bridgehead atoms. The van der Waals surface area contributed by atoms with Gasteiger partial charge >= 0.3 is 12.4 Å². The molecule has 2 aromatic rings. The minimum atomic E-state index is -4.52. The lowest BCUT2D eigenvalue weighted by Crippen LogP contribution is -2.27. The van der Waals surface area contributed by atoms with Crippen molar-refractivity contribution in [1.29, 1.82) is 0 Å². The molecule has 1 heterocycles. The van der Waals surface area contributed by atoms with Gasteiger partial charge in [0.1, 0.15) is 0 Å². The van der Waals surface area contributed by atoms with Crippen LogP contribution in [0.4, 0.5) is 26.3 Å². The predicted molar refractivity (Wildman–Crippen MR) is 83.1 cm³/mol. The quantitative estimate of drug-likeness (QED) is 0.761. The second-order valence-corrected chi connectivity index (χ2v) is 5.61. The lowest BCUT2D eigenvalue weighted by Gasteiger charge is -2.16. The Morgan fingerprint density at radius 1 is 1.15 bits per heavy atom. The van der Waals surface area contributed by atoms with E-state index in [-0.39, 0.29) is 17.0 Å². The minimum absolute atomic E-state index is 0.0215. The molecule has 1 aromatic heterocycles. The topological polar surface area (TPSA) is 51.2 Å². The normalized spacial score (nSPS) is 13.1. The fourth-order valence-corrected chi connectivity index (χ4v) is 2.10. The van der Waals surface area contributed by atoms with E-state index < -0.39 is 36.5 Å². The number of halogens is 6. The summed E-state index contributed by atoms with van der Waals surface area (Å²) in [5.74, 6) is -0.954. The molecule has 1 aromatic carbocycles. The van der Waals surface area contributed by atoms with Crippen LogP contribution in [0, 0.1) is 0 Å². The van der Waals surface area contributed by atoms with Crippen LogP contribution in [0.3, 0.4) is 0 Å². The van der Waals surface area contributed by atoms with E-state index in [4.69, 9.17) is 0 Å². The molecule has 27 heavy (non-hydrogen) atoms. The largest absolute Gasteiger partial charge is 0.468 e. The summed E-state index contributed by atoms with van der Waals surface area (Å²) < 4.78 is 78.9. The van der Waals surface area contributed by atoms with Gasteiger partial charge in [-0.25, -0.2) is 4.98 Å². The van der Waals surface area contributed by atoms with E-state index in [2.05, 4.69) is 15.0 Å². The molecule has 0 saturated heterocycles.